The van der Waals surface area contributed by atoms with Gasteiger partial charge in [0.05, 0.1) is 13.1 Å². The summed E-state index contributed by atoms with van der Waals surface area (Å²) >= 11 is 0. The summed E-state index contributed by atoms with van der Waals surface area (Å²) in [7, 11) is 0. The van der Waals surface area contributed by atoms with Gasteiger partial charge in [0.2, 0.25) is 17.7 Å². The molecular weight excluding hydrogens is 344 g/mol. The van der Waals surface area contributed by atoms with Crippen molar-refractivity contribution < 1.29 is 14.4 Å². The van der Waals surface area contributed by atoms with Crippen LogP contribution in [-0.4, -0.2) is 54.3 Å². The second-order valence-corrected chi connectivity index (χ2v) is 7.85. The first-order valence-corrected chi connectivity index (χ1v) is 9.41. The van der Waals surface area contributed by atoms with Gasteiger partial charge in [0.15, 0.2) is 0 Å². The van der Waals surface area contributed by atoms with Crippen LogP contribution in [0.5, 0.6) is 0 Å². The van der Waals surface area contributed by atoms with E-state index in [4.69, 9.17) is 0 Å². The maximum absolute atomic E-state index is 12.3. The van der Waals surface area contributed by atoms with Gasteiger partial charge >= 0.3 is 0 Å². The molecule has 27 heavy (non-hydrogen) atoms. The van der Waals surface area contributed by atoms with Gasteiger partial charge in [0.25, 0.3) is 0 Å². The Balaban J connectivity index is 1.86. The summed E-state index contributed by atoms with van der Waals surface area (Å²) in [5, 5.41) is 5.74. The number of benzene rings is 1. The third kappa shape index (κ3) is 6.67. The average molecular weight is 374 g/mol. The van der Waals surface area contributed by atoms with Crippen molar-refractivity contribution in [3.05, 3.63) is 24.3 Å². The second kappa shape index (κ2) is 8.99. The predicted octanol–water partition coefficient (Wildman–Crippen LogP) is 1.99. The van der Waals surface area contributed by atoms with Crippen molar-refractivity contribution in [2.45, 2.75) is 46.1 Å². The molecule has 0 aromatic heterocycles. The molecule has 0 saturated carbocycles. The fourth-order valence-electron chi connectivity index (χ4n) is 2.99. The van der Waals surface area contributed by atoms with Gasteiger partial charge in [-0.1, -0.05) is 6.92 Å². The van der Waals surface area contributed by atoms with Gasteiger partial charge in [-0.15, -0.1) is 0 Å². The van der Waals surface area contributed by atoms with Crippen molar-refractivity contribution in [2.75, 3.05) is 36.4 Å². The van der Waals surface area contributed by atoms with Crippen molar-refractivity contribution in [1.29, 1.82) is 0 Å². The molecule has 3 amide bonds. The molecule has 148 valence electrons. The zero-order valence-electron chi connectivity index (χ0n) is 16.7. The van der Waals surface area contributed by atoms with Crippen LogP contribution >= 0.6 is 0 Å². The first kappa shape index (κ1) is 20.9. The number of nitrogens with one attached hydrogen (secondary N) is 2. The van der Waals surface area contributed by atoms with Crippen molar-refractivity contribution >= 4 is 29.1 Å². The third-order valence-corrected chi connectivity index (χ3v) is 4.23. The highest BCUT2D eigenvalue weighted by atomic mass is 16.2. The number of rotatable bonds is 7. The topological polar surface area (TPSA) is 81.8 Å². The third-order valence-electron chi connectivity index (χ3n) is 4.23. The summed E-state index contributed by atoms with van der Waals surface area (Å²) in [4.78, 5) is 39.7. The average Bonchev–Trinajstić information content (AvgIpc) is 2.99. The zero-order valence-corrected chi connectivity index (χ0v) is 16.7. The number of hydrogen-bond acceptors (Lipinski definition) is 4. The number of amides is 3. The van der Waals surface area contributed by atoms with Gasteiger partial charge in [-0.25, -0.2) is 0 Å². The quantitative estimate of drug-likeness (QED) is 0.765. The van der Waals surface area contributed by atoms with E-state index in [9.17, 15) is 14.4 Å². The van der Waals surface area contributed by atoms with Crippen LogP contribution in [0.25, 0.3) is 0 Å². The second-order valence-electron chi connectivity index (χ2n) is 7.85. The van der Waals surface area contributed by atoms with Crippen molar-refractivity contribution in [3.8, 4) is 0 Å². The Hall–Kier alpha value is -2.41. The summed E-state index contributed by atoms with van der Waals surface area (Å²) in [6, 6.07) is 7.27. The molecule has 0 spiro atoms. The van der Waals surface area contributed by atoms with E-state index in [1.165, 1.54) is 0 Å². The van der Waals surface area contributed by atoms with Crippen molar-refractivity contribution in [3.63, 3.8) is 0 Å². The van der Waals surface area contributed by atoms with E-state index in [0.29, 0.717) is 18.7 Å². The molecule has 1 aromatic rings. The van der Waals surface area contributed by atoms with E-state index >= 15 is 0 Å². The van der Waals surface area contributed by atoms with Gasteiger partial charge in [0.1, 0.15) is 0 Å². The van der Waals surface area contributed by atoms with E-state index in [1.54, 1.807) is 21.9 Å². The maximum atomic E-state index is 12.3. The van der Waals surface area contributed by atoms with Crippen LogP contribution < -0.4 is 15.5 Å². The molecule has 7 nitrogen and oxygen atoms in total. The fourth-order valence-corrected chi connectivity index (χ4v) is 2.99. The summed E-state index contributed by atoms with van der Waals surface area (Å²) in [5.41, 5.74) is 1.23. The lowest BCUT2D eigenvalue weighted by Crippen LogP contribution is -2.47. The molecular formula is C20H30N4O3. The van der Waals surface area contributed by atoms with E-state index < -0.39 is 0 Å². The minimum atomic E-state index is -0.294. The lowest BCUT2D eigenvalue weighted by atomic mass is 10.1. The molecule has 0 bridgehead atoms. The Kier molecular flexibility index (Phi) is 6.96. The highest BCUT2D eigenvalue weighted by molar-refractivity contribution is 5.96. The van der Waals surface area contributed by atoms with Crippen LogP contribution in [0.2, 0.25) is 0 Å². The summed E-state index contributed by atoms with van der Waals surface area (Å²) in [5.74, 6) is -0.138. The number of carbonyl (C=O) groups is 3. The van der Waals surface area contributed by atoms with E-state index in [-0.39, 0.29) is 36.3 Å². The molecule has 0 aliphatic carbocycles. The first-order valence-electron chi connectivity index (χ1n) is 9.41. The molecule has 7 heteroatoms. The van der Waals surface area contributed by atoms with Gasteiger partial charge in [0, 0.05) is 29.9 Å². The van der Waals surface area contributed by atoms with Crippen LogP contribution in [0.4, 0.5) is 11.4 Å². The van der Waals surface area contributed by atoms with Crippen LogP contribution in [0.1, 0.15) is 40.5 Å². The SMILES string of the molecule is CCN(CC(=O)Nc1ccc(N2CCCC2=O)cc1)CC(=O)NC(C)(C)C. The zero-order chi connectivity index (χ0) is 20.0. The van der Waals surface area contributed by atoms with Crippen LogP contribution in [0.15, 0.2) is 24.3 Å². The standard InChI is InChI=1S/C20H30N4O3/c1-5-23(14-18(26)22-20(2,3)4)13-17(25)21-15-8-10-16(11-9-15)24-12-6-7-19(24)27/h8-11H,5-7,12-14H2,1-4H3,(H,21,25)(H,22,26). The monoisotopic (exact) mass is 374 g/mol. The molecule has 1 aromatic carbocycles. The molecule has 0 radical (unpaired) electrons. The molecule has 2 N–H and O–H groups in total. The van der Waals surface area contributed by atoms with Crippen LogP contribution in [0, 0.1) is 0 Å². The normalized spacial score (nSPS) is 14.6. The molecule has 1 heterocycles. The summed E-state index contributed by atoms with van der Waals surface area (Å²) in [6.07, 6.45) is 1.47. The molecule has 0 unspecified atom stereocenters. The number of carbonyl (C=O) groups excluding carboxylic acids is 3. The largest absolute Gasteiger partial charge is 0.350 e. The van der Waals surface area contributed by atoms with Crippen molar-refractivity contribution in [1.82, 2.24) is 10.2 Å². The number of hydrogen-bond donors (Lipinski definition) is 2. The molecule has 1 aliphatic heterocycles. The molecule has 1 fully saturated rings. The summed E-state index contributed by atoms with van der Waals surface area (Å²) in [6.45, 7) is 9.35. The van der Waals surface area contributed by atoms with Crippen molar-refractivity contribution in [2.24, 2.45) is 0 Å². The number of nitrogens with zero attached hydrogens (tertiary/aromatic N) is 2. The Labute approximate surface area is 161 Å². The fraction of sp³-hybridized carbons (Fsp3) is 0.550. The first-order chi connectivity index (χ1) is 12.7. The lowest BCUT2D eigenvalue weighted by molar-refractivity contribution is -0.124. The predicted molar refractivity (Wildman–Crippen MR) is 107 cm³/mol. The highest BCUT2D eigenvalue weighted by Gasteiger charge is 2.21. The number of likely N-dealkylation sites (N-methyl/N-ethyl adjacent to an activating group) is 1. The maximum Gasteiger partial charge on any atom is 0.238 e. The minimum absolute atomic E-state index is 0.100. The van der Waals surface area contributed by atoms with E-state index in [1.807, 2.05) is 39.8 Å². The van der Waals surface area contributed by atoms with Crippen LogP contribution in [0.3, 0.4) is 0 Å². The minimum Gasteiger partial charge on any atom is -0.350 e. The van der Waals surface area contributed by atoms with Gasteiger partial charge in [-0.2, -0.15) is 0 Å². The highest BCUT2D eigenvalue weighted by Crippen LogP contribution is 2.23. The smallest absolute Gasteiger partial charge is 0.238 e. The Bertz CT molecular complexity index is 679. The Morgan fingerprint density at radius 3 is 2.26 bits per heavy atom. The molecule has 2 rings (SSSR count). The number of anilines is 2. The van der Waals surface area contributed by atoms with E-state index in [0.717, 1.165) is 18.7 Å². The summed E-state index contributed by atoms with van der Waals surface area (Å²) < 4.78 is 0. The van der Waals surface area contributed by atoms with Gasteiger partial charge in [-0.3, -0.25) is 19.3 Å². The lowest BCUT2D eigenvalue weighted by Gasteiger charge is -2.24. The van der Waals surface area contributed by atoms with Crippen LogP contribution in [-0.2, 0) is 14.4 Å². The Morgan fingerprint density at radius 1 is 1.11 bits per heavy atom. The van der Waals surface area contributed by atoms with E-state index in [2.05, 4.69) is 10.6 Å². The molecule has 0 atom stereocenters. The van der Waals surface area contributed by atoms with Gasteiger partial charge < -0.3 is 15.5 Å². The Morgan fingerprint density at radius 2 is 1.74 bits per heavy atom. The molecule has 1 saturated heterocycles. The van der Waals surface area contributed by atoms with Gasteiger partial charge in [-0.05, 0) is 58.0 Å². The molecule has 1 aliphatic rings.